The summed E-state index contributed by atoms with van der Waals surface area (Å²) in [4.78, 5) is 25.0. The van der Waals surface area contributed by atoms with Gasteiger partial charge in [-0.3, -0.25) is 4.57 Å². The van der Waals surface area contributed by atoms with Gasteiger partial charge in [0.15, 0.2) is 0 Å². The second kappa shape index (κ2) is 12.5. The first-order chi connectivity index (χ1) is 13.9. The van der Waals surface area contributed by atoms with Crippen LogP contribution in [0.5, 0.6) is 0 Å². The number of hydrogen-bond acceptors (Lipinski definition) is 9. The van der Waals surface area contributed by atoms with Crippen molar-refractivity contribution >= 4 is 16.5 Å². The van der Waals surface area contributed by atoms with Crippen LogP contribution in [0.15, 0.2) is 17.1 Å². The van der Waals surface area contributed by atoms with Crippen LogP contribution in [0.4, 0.5) is 0 Å². The maximum absolute atomic E-state index is 12.1. The number of nitrogens with two attached hydrogens (primary N) is 1. The maximum Gasteiger partial charge on any atom is 0.697 e. The zero-order valence-electron chi connectivity index (χ0n) is 16.2. The van der Waals surface area contributed by atoms with Gasteiger partial charge in [-0.2, -0.15) is 4.98 Å². The van der Waals surface area contributed by atoms with E-state index in [9.17, 15) is 13.9 Å². The molecule has 0 radical (unpaired) electrons. The number of aryl methyl sites for hydroxylation is 1. The minimum atomic E-state index is -2.88. The van der Waals surface area contributed by atoms with E-state index in [0.717, 1.165) is 25.7 Å². The molecule has 162 valence electrons. The van der Waals surface area contributed by atoms with E-state index in [1.54, 1.807) is 13.0 Å². The van der Waals surface area contributed by atoms with Gasteiger partial charge in [0, 0.05) is 27.4 Å². The maximum atomic E-state index is 12.1. The van der Waals surface area contributed by atoms with Gasteiger partial charge in [0.05, 0.1) is 0 Å². The third-order valence-corrected chi connectivity index (χ3v) is 5.53. The molecule has 1 aliphatic heterocycles. The fraction of sp³-hybridized carbons (Fsp3) is 0.750. The van der Waals surface area contributed by atoms with Crippen molar-refractivity contribution in [3.05, 3.63) is 28.4 Å². The van der Waals surface area contributed by atoms with Crippen molar-refractivity contribution in [3.8, 4) is 0 Å². The van der Waals surface area contributed by atoms with Gasteiger partial charge in [0.1, 0.15) is 31.6 Å². The summed E-state index contributed by atoms with van der Waals surface area (Å²) in [6, 6.07) is 1.65. The minimum absolute atomic E-state index is 0.138. The fourth-order valence-corrected chi connectivity index (χ4v) is 3.95. The first-order valence-corrected chi connectivity index (χ1v) is 11.6. The highest BCUT2D eigenvalue weighted by molar-refractivity contribution is 7.33. The van der Waals surface area contributed by atoms with Crippen molar-refractivity contribution in [2.75, 3.05) is 19.8 Å². The van der Waals surface area contributed by atoms with E-state index in [-0.39, 0.29) is 13.0 Å². The lowest BCUT2D eigenvalue weighted by Crippen LogP contribution is -2.28. The molecule has 1 fully saturated rings. The first kappa shape index (κ1) is 24.1. The molecule has 0 amide bonds. The molecule has 5 atom stereocenters. The molecule has 13 heteroatoms. The average molecular weight is 451 g/mol. The highest BCUT2D eigenvalue weighted by Gasteiger charge is 2.44. The van der Waals surface area contributed by atoms with Gasteiger partial charge >= 0.3 is 22.2 Å². The lowest BCUT2D eigenvalue weighted by atomic mass is 10.2. The van der Waals surface area contributed by atoms with E-state index in [1.807, 2.05) is 0 Å². The molecule has 1 aromatic heterocycles. The molecule has 2 unspecified atom stereocenters. The summed E-state index contributed by atoms with van der Waals surface area (Å²) in [5.74, 6) is 0. The summed E-state index contributed by atoms with van der Waals surface area (Å²) in [5, 5.41) is 0. The van der Waals surface area contributed by atoms with E-state index in [1.165, 1.54) is 10.8 Å². The number of rotatable bonds is 13. The van der Waals surface area contributed by atoms with Crippen LogP contribution in [0.2, 0.25) is 0 Å². The molecule has 0 bridgehead atoms. The smallest absolute Gasteiger partial charge is 0.349 e. The molecular formula is C16H27N3O8P2+2. The second-order valence-corrected chi connectivity index (χ2v) is 8.21. The third-order valence-electron chi connectivity index (χ3n) is 4.32. The Labute approximate surface area is 170 Å². The minimum Gasteiger partial charge on any atom is -0.349 e. The SMILES string of the molecule is Cc1ccn([C@H]2C[C@H](O[P+](=O)O)[C@@H](CO[P+](=O)OCCCCCCN)O2)c(=O)n1. The molecule has 0 aromatic carbocycles. The number of unbranched alkanes of at least 4 members (excludes halogenated alkanes) is 3. The van der Waals surface area contributed by atoms with Crippen LogP contribution in [0.3, 0.4) is 0 Å². The highest BCUT2D eigenvalue weighted by atomic mass is 31.1. The van der Waals surface area contributed by atoms with Gasteiger partial charge in [-0.25, -0.2) is 4.79 Å². The lowest BCUT2D eigenvalue weighted by Gasteiger charge is -2.14. The van der Waals surface area contributed by atoms with Gasteiger partial charge < -0.3 is 10.5 Å². The summed E-state index contributed by atoms with van der Waals surface area (Å²) in [7, 11) is -5.25. The fourth-order valence-electron chi connectivity index (χ4n) is 2.88. The number of aromatic nitrogens is 2. The van der Waals surface area contributed by atoms with Crippen LogP contribution in [0, 0.1) is 6.92 Å². The Morgan fingerprint density at radius 3 is 2.76 bits per heavy atom. The topological polar surface area (TPSA) is 152 Å². The number of nitrogens with zero attached hydrogens (tertiary/aromatic N) is 2. The van der Waals surface area contributed by atoms with Crippen molar-refractivity contribution < 1.29 is 32.3 Å². The Bertz CT molecular complexity index is 747. The quantitative estimate of drug-likeness (QED) is 0.337. The van der Waals surface area contributed by atoms with Crippen LogP contribution in [-0.2, 0) is 27.4 Å². The van der Waals surface area contributed by atoms with Crippen LogP contribution in [0.25, 0.3) is 0 Å². The van der Waals surface area contributed by atoms with Crippen molar-refractivity contribution in [2.24, 2.45) is 5.73 Å². The van der Waals surface area contributed by atoms with E-state index in [2.05, 4.69) is 4.98 Å². The predicted molar refractivity (Wildman–Crippen MR) is 103 cm³/mol. The third kappa shape index (κ3) is 8.24. The summed E-state index contributed by atoms with van der Waals surface area (Å²) >= 11 is 0. The number of ether oxygens (including phenoxy) is 1. The average Bonchev–Trinajstić information content (AvgIpc) is 3.04. The molecule has 1 saturated heterocycles. The molecule has 3 N–H and O–H groups in total. The van der Waals surface area contributed by atoms with E-state index >= 15 is 0 Å². The zero-order valence-corrected chi connectivity index (χ0v) is 18.0. The standard InChI is InChI=1S/C16H26N3O8P2/c1-12-6-8-19(16(20)18-12)15-10-13(27-28(21)22)14(26-15)11-25-29(23)24-9-5-3-2-4-7-17/h6,8,13-15H,2-5,7,9-11,17H2,1H3/q+1/p+1/t13-,14+,15+/m0/s1. The monoisotopic (exact) mass is 451 g/mol. The molecule has 2 rings (SSSR count). The summed E-state index contributed by atoms with van der Waals surface area (Å²) in [5.41, 5.74) is 5.47. The van der Waals surface area contributed by atoms with Crippen LogP contribution >= 0.6 is 16.5 Å². The second-order valence-electron chi connectivity index (χ2n) is 6.56. The Balaban J connectivity index is 1.86. The van der Waals surface area contributed by atoms with Gasteiger partial charge in [-0.05, 0) is 32.4 Å². The first-order valence-electron chi connectivity index (χ1n) is 9.38. The molecule has 0 spiro atoms. The molecule has 2 heterocycles. The number of hydrogen-bond donors (Lipinski definition) is 2. The van der Waals surface area contributed by atoms with Gasteiger partial charge in [0.2, 0.25) is 0 Å². The molecular weight excluding hydrogens is 424 g/mol. The lowest BCUT2D eigenvalue weighted by molar-refractivity contribution is -0.0384. The van der Waals surface area contributed by atoms with Crippen LogP contribution < -0.4 is 11.4 Å². The van der Waals surface area contributed by atoms with Crippen molar-refractivity contribution in [3.63, 3.8) is 0 Å². The molecule has 0 saturated carbocycles. The van der Waals surface area contributed by atoms with Gasteiger partial charge in [-0.1, -0.05) is 12.8 Å². The zero-order chi connectivity index (χ0) is 21.2. The predicted octanol–water partition coefficient (Wildman–Crippen LogP) is 2.08. The molecule has 0 aliphatic carbocycles. The van der Waals surface area contributed by atoms with E-state index in [4.69, 9.17) is 28.9 Å². The summed E-state index contributed by atoms with van der Waals surface area (Å²) in [6.07, 6.45) is 2.90. The van der Waals surface area contributed by atoms with Crippen LogP contribution in [0.1, 0.15) is 44.0 Å². The molecule has 1 aromatic rings. The van der Waals surface area contributed by atoms with Crippen molar-refractivity contribution in [2.45, 2.75) is 57.5 Å². The molecule has 1 aliphatic rings. The Hall–Kier alpha value is -1.16. The van der Waals surface area contributed by atoms with E-state index < -0.39 is 40.6 Å². The van der Waals surface area contributed by atoms with Crippen LogP contribution in [-0.4, -0.2) is 46.4 Å². The Morgan fingerprint density at radius 2 is 2.07 bits per heavy atom. The van der Waals surface area contributed by atoms with Gasteiger partial charge in [0.25, 0.3) is 0 Å². The Morgan fingerprint density at radius 1 is 1.31 bits per heavy atom. The summed E-state index contributed by atoms with van der Waals surface area (Å²) < 4.78 is 45.3. The Kier molecular flexibility index (Phi) is 10.4. The van der Waals surface area contributed by atoms with Crippen molar-refractivity contribution in [1.29, 1.82) is 0 Å². The summed E-state index contributed by atoms with van der Waals surface area (Å²) in [6.45, 7) is 2.45. The van der Waals surface area contributed by atoms with E-state index in [0.29, 0.717) is 18.8 Å². The largest absolute Gasteiger partial charge is 0.697 e. The normalized spacial score (nSPS) is 22.7. The van der Waals surface area contributed by atoms with Gasteiger partial charge in [-0.15, -0.1) is 18.5 Å². The highest BCUT2D eigenvalue weighted by Crippen LogP contribution is 2.36. The molecule has 29 heavy (non-hydrogen) atoms. The molecule has 11 nitrogen and oxygen atoms in total. The van der Waals surface area contributed by atoms with Crippen molar-refractivity contribution in [1.82, 2.24) is 9.55 Å².